The zero-order valence-corrected chi connectivity index (χ0v) is 13.2. The summed E-state index contributed by atoms with van der Waals surface area (Å²) in [5.74, 6) is -1.61. The highest BCUT2D eigenvalue weighted by molar-refractivity contribution is 9.10. The van der Waals surface area contributed by atoms with Gasteiger partial charge >= 0.3 is 6.18 Å². The fraction of sp³-hybridized carbons (Fsp3) is 0.533. The molecule has 1 amide bonds. The molecule has 116 valence electrons. The number of hydrogen-bond acceptors (Lipinski definition) is 1. The number of amides is 1. The zero-order chi connectivity index (χ0) is 15.6. The molecule has 0 bridgehead atoms. The summed E-state index contributed by atoms with van der Waals surface area (Å²) >= 11 is 3.35. The van der Waals surface area contributed by atoms with Crippen molar-refractivity contribution in [3.05, 3.63) is 33.8 Å². The normalized spacial score (nSPS) is 22.9. The molecule has 1 fully saturated rings. The van der Waals surface area contributed by atoms with Gasteiger partial charge in [0.15, 0.2) is 0 Å². The van der Waals surface area contributed by atoms with Crippen molar-refractivity contribution in [2.75, 3.05) is 0 Å². The third-order valence-corrected chi connectivity index (χ3v) is 4.84. The van der Waals surface area contributed by atoms with Crippen molar-refractivity contribution in [3.8, 4) is 0 Å². The van der Waals surface area contributed by atoms with Gasteiger partial charge in [-0.25, -0.2) is 0 Å². The predicted octanol–water partition coefficient (Wildman–Crippen LogP) is 4.61. The molecule has 1 aliphatic carbocycles. The maximum absolute atomic E-state index is 12.8. The lowest BCUT2D eigenvalue weighted by molar-refractivity contribution is -0.183. The van der Waals surface area contributed by atoms with Crippen molar-refractivity contribution < 1.29 is 18.0 Å². The molecule has 1 saturated carbocycles. The second-order valence-corrected chi connectivity index (χ2v) is 6.34. The number of hydrogen-bond donors (Lipinski definition) is 1. The van der Waals surface area contributed by atoms with Crippen LogP contribution < -0.4 is 5.32 Å². The van der Waals surface area contributed by atoms with Crippen molar-refractivity contribution in [2.45, 2.75) is 44.8 Å². The van der Waals surface area contributed by atoms with Crippen LogP contribution in [0.25, 0.3) is 0 Å². The van der Waals surface area contributed by atoms with Gasteiger partial charge in [0.05, 0.1) is 5.92 Å². The Morgan fingerprint density at radius 3 is 2.71 bits per heavy atom. The second kappa shape index (κ2) is 6.38. The molecule has 2 unspecified atom stereocenters. The molecular formula is C15H17BrF3NO. The van der Waals surface area contributed by atoms with E-state index in [0.717, 1.165) is 10.0 Å². The van der Waals surface area contributed by atoms with Crippen LogP contribution in [-0.4, -0.2) is 18.1 Å². The van der Waals surface area contributed by atoms with Crippen LogP contribution >= 0.6 is 15.9 Å². The first-order valence-electron chi connectivity index (χ1n) is 6.91. The third kappa shape index (κ3) is 3.99. The smallest absolute Gasteiger partial charge is 0.349 e. The molecule has 0 radical (unpaired) electrons. The maximum atomic E-state index is 12.8. The zero-order valence-electron chi connectivity index (χ0n) is 11.6. The standard InChI is InChI=1S/C15H17BrF3NO/c1-9-12(6-3-7-13(9)16)14(21)20-11-5-2-4-10(8-11)15(17,18)19/h3,6-7,10-11H,2,4-5,8H2,1H3,(H,20,21). The average molecular weight is 364 g/mol. The van der Waals surface area contributed by atoms with Gasteiger partial charge in [0.1, 0.15) is 0 Å². The number of halogens is 4. The van der Waals surface area contributed by atoms with Crippen molar-refractivity contribution in [2.24, 2.45) is 5.92 Å². The van der Waals surface area contributed by atoms with E-state index < -0.39 is 18.1 Å². The van der Waals surface area contributed by atoms with Crippen LogP contribution in [0.15, 0.2) is 22.7 Å². The van der Waals surface area contributed by atoms with E-state index in [1.807, 2.05) is 6.07 Å². The van der Waals surface area contributed by atoms with Crippen LogP contribution in [0.1, 0.15) is 41.6 Å². The summed E-state index contributed by atoms with van der Waals surface area (Å²) in [6.07, 6.45) is -2.94. The fourth-order valence-corrected chi connectivity index (χ4v) is 3.10. The van der Waals surface area contributed by atoms with E-state index in [1.54, 1.807) is 19.1 Å². The summed E-state index contributed by atoms with van der Waals surface area (Å²) in [5.41, 5.74) is 1.29. The minimum atomic E-state index is -4.17. The monoisotopic (exact) mass is 363 g/mol. The predicted molar refractivity (Wildman–Crippen MR) is 78.1 cm³/mol. The highest BCUT2D eigenvalue weighted by atomic mass is 79.9. The number of benzene rings is 1. The van der Waals surface area contributed by atoms with Crippen molar-refractivity contribution in [1.29, 1.82) is 0 Å². The molecule has 1 aromatic carbocycles. The first-order chi connectivity index (χ1) is 9.79. The number of rotatable bonds is 2. The molecule has 0 saturated heterocycles. The molecular weight excluding hydrogens is 347 g/mol. The Bertz CT molecular complexity index is 530. The largest absolute Gasteiger partial charge is 0.391 e. The van der Waals surface area contributed by atoms with Gasteiger partial charge in [-0.15, -0.1) is 0 Å². The van der Waals surface area contributed by atoms with E-state index in [4.69, 9.17) is 0 Å². The Labute approximate surface area is 130 Å². The fourth-order valence-electron chi connectivity index (χ4n) is 2.73. The molecule has 21 heavy (non-hydrogen) atoms. The summed E-state index contributed by atoms with van der Waals surface area (Å²) in [6, 6.07) is 4.84. The highest BCUT2D eigenvalue weighted by Crippen LogP contribution is 2.37. The molecule has 6 heteroatoms. The molecule has 2 atom stereocenters. The average Bonchev–Trinajstić information content (AvgIpc) is 2.41. The lowest BCUT2D eigenvalue weighted by atomic mass is 9.85. The maximum Gasteiger partial charge on any atom is 0.391 e. The van der Waals surface area contributed by atoms with Crippen LogP contribution in [-0.2, 0) is 0 Å². The molecule has 1 aliphatic rings. The number of carbonyl (C=O) groups is 1. The Balaban J connectivity index is 2.04. The molecule has 2 rings (SSSR count). The topological polar surface area (TPSA) is 29.1 Å². The minimum absolute atomic E-state index is 0.0255. The third-order valence-electron chi connectivity index (χ3n) is 3.98. The SMILES string of the molecule is Cc1c(Br)cccc1C(=O)NC1CCCC(C(F)(F)F)C1. The van der Waals surface area contributed by atoms with Gasteiger partial charge in [0.2, 0.25) is 0 Å². The molecule has 1 N–H and O–H groups in total. The van der Waals surface area contributed by atoms with Gasteiger partial charge in [-0.2, -0.15) is 13.2 Å². The second-order valence-electron chi connectivity index (χ2n) is 5.49. The number of nitrogens with one attached hydrogen (secondary N) is 1. The molecule has 0 spiro atoms. The van der Waals surface area contributed by atoms with E-state index in [1.165, 1.54) is 0 Å². The van der Waals surface area contributed by atoms with Crippen molar-refractivity contribution in [3.63, 3.8) is 0 Å². The van der Waals surface area contributed by atoms with E-state index in [-0.39, 0.29) is 18.7 Å². The van der Waals surface area contributed by atoms with Crippen LogP contribution in [0.5, 0.6) is 0 Å². The van der Waals surface area contributed by atoms with Gasteiger partial charge < -0.3 is 5.32 Å². The minimum Gasteiger partial charge on any atom is -0.349 e. The molecule has 2 nitrogen and oxygen atoms in total. The number of carbonyl (C=O) groups excluding carboxylic acids is 1. The summed E-state index contributed by atoms with van der Waals surface area (Å²) in [4.78, 5) is 12.2. The van der Waals surface area contributed by atoms with E-state index >= 15 is 0 Å². The van der Waals surface area contributed by atoms with Gasteiger partial charge in [0.25, 0.3) is 5.91 Å². The molecule has 0 heterocycles. The summed E-state index contributed by atoms with van der Waals surface area (Å²) in [7, 11) is 0. The van der Waals surface area contributed by atoms with Crippen molar-refractivity contribution >= 4 is 21.8 Å². The van der Waals surface area contributed by atoms with Crippen LogP contribution in [0.4, 0.5) is 13.2 Å². The van der Waals surface area contributed by atoms with Crippen molar-refractivity contribution in [1.82, 2.24) is 5.32 Å². The van der Waals surface area contributed by atoms with Gasteiger partial charge in [-0.1, -0.05) is 28.4 Å². The first kappa shape index (κ1) is 16.3. The van der Waals surface area contributed by atoms with Gasteiger partial charge in [-0.3, -0.25) is 4.79 Å². The summed E-state index contributed by atoms with van der Waals surface area (Å²) < 4.78 is 39.1. The Kier molecular flexibility index (Phi) is 4.96. The van der Waals surface area contributed by atoms with Gasteiger partial charge in [-0.05, 0) is 43.9 Å². The summed E-state index contributed by atoms with van der Waals surface area (Å²) in [6.45, 7) is 1.80. The summed E-state index contributed by atoms with van der Waals surface area (Å²) in [5, 5.41) is 2.75. The van der Waals surface area contributed by atoms with Gasteiger partial charge in [0, 0.05) is 16.1 Å². The van der Waals surface area contributed by atoms with E-state index in [0.29, 0.717) is 18.4 Å². The Morgan fingerprint density at radius 2 is 2.05 bits per heavy atom. The van der Waals surface area contributed by atoms with E-state index in [9.17, 15) is 18.0 Å². The molecule has 1 aromatic rings. The Hall–Kier alpha value is -1.04. The van der Waals surface area contributed by atoms with E-state index in [2.05, 4.69) is 21.2 Å². The lowest BCUT2D eigenvalue weighted by Crippen LogP contribution is -2.41. The highest BCUT2D eigenvalue weighted by Gasteiger charge is 2.42. The molecule has 0 aromatic heterocycles. The quantitative estimate of drug-likeness (QED) is 0.816. The van der Waals surface area contributed by atoms with Crippen LogP contribution in [0.2, 0.25) is 0 Å². The Morgan fingerprint density at radius 1 is 1.33 bits per heavy atom. The first-order valence-corrected chi connectivity index (χ1v) is 7.71. The van der Waals surface area contributed by atoms with Crippen LogP contribution in [0, 0.1) is 12.8 Å². The number of alkyl halides is 3. The van der Waals surface area contributed by atoms with Crippen LogP contribution in [0.3, 0.4) is 0 Å². The lowest BCUT2D eigenvalue weighted by Gasteiger charge is -2.31. The molecule has 0 aliphatic heterocycles.